The molecule has 6 heteroatoms. The number of aldehydes is 1. The third-order valence-corrected chi connectivity index (χ3v) is 5.36. The molecule has 1 heterocycles. The molecule has 1 aliphatic heterocycles. The largest absolute Gasteiger partial charge is 0.444 e. The van der Waals surface area contributed by atoms with Crippen LogP contribution in [0.5, 0.6) is 0 Å². The molecular formula is C28H40FNO4. The maximum Gasteiger partial charge on any atom is 0.410 e. The molecule has 1 fully saturated rings. The van der Waals surface area contributed by atoms with E-state index in [4.69, 9.17) is 9.84 Å². The Morgan fingerprint density at radius 3 is 2.09 bits per heavy atom. The number of rotatable bonds is 4. The molecule has 5 nitrogen and oxygen atoms in total. The number of amides is 1. The maximum absolute atomic E-state index is 13.1. The van der Waals surface area contributed by atoms with Gasteiger partial charge in [0.05, 0.1) is 0 Å². The van der Waals surface area contributed by atoms with Crippen LogP contribution in [0.3, 0.4) is 0 Å². The van der Waals surface area contributed by atoms with Crippen molar-refractivity contribution < 1.29 is 23.8 Å². The number of benzene rings is 1. The van der Waals surface area contributed by atoms with Gasteiger partial charge in [-0.3, -0.25) is 0 Å². The second-order valence-corrected chi connectivity index (χ2v) is 9.43. The third-order valence-electron chi connectivity index (χ3n) is 5.36. The zero-order valence-corrected chi connectivity index (χ0v) is 21.0. The van der Waals surface area contributed by atoms with Gasteiger partial charge in [-0.25, -0.2) is 9.18 Å². The van der Waals surface area contributed by atoms with Gasteiger partial charge in [-0.2, -0.15) is 0 Å². The van der Waals surface area contributed by atoms with E-state index in [2.05, 4.69) is 24.3 Å². The first-order chi connectivity index (χ1) is 16.1. The van der Waals surface area contributed by atoms with Crippen LogP contribution >= 0.6 is 0 Å². The van der Waals surface area contributed by atoms with Gasteiger partial charge in [0.1, 0.15) is 17.7 Å². The summed E-state index contributed by atoms with van der Waals surface area (Å²) in [6.07, 6.45) is 16.8. The second kappa shape index (κ2) is 15.2. The van der Waals surface area contributed by atoms with Crippen LogP contribution in [0.25, 0.3) is 0 Å². The summed E-state index contributed by atoms with van der Waals surface area (Å²) >= 11 is 0. The maximum atomic E-state index is 13.1. The molecule has 2 aliphatic rings. The van der Waals surface area contributed by atoms with E-state index in [0.717, 1.165) is 31.1 Å². The Bertz CT molecular complexity index is 800. The van der Waals surface area contributed by atoms with Crippen molar-refractivity contribution in [3.05, 3.63) is 72.1 Å². The molecule has 0 aromatic heterocycles. The number of carbonyl (C=O) groups excluding carboxylic acids is 2. The first-order valence-electron chi connectivity index (χ1n) is 11.9. The van der Waals surface area contributed by atoms with E-state index in [9.17, 15) is 14.0 Å². The van der Waals surface area contributed by atoms with Crippen molar-refractivity contribution in [2.24, 2.45) is 5.41 Å². The van der Waals surface area contributed by atoms with Gasteiger partial charge in [-0.1, -0.05) is 48.6 Å². The summed E-state index contributed by atoms with van der Waals surface area (Å²) in [5, 5.41) is 7.57. The Morgan fingerprint density at radius 1 is 1.09 bits per heavy atom. The quantitative estimate of drug-likeness (QED) is 0.542. The molecule has 188 valence electrons. The van der Waals surface area contributed by atoms with Gasteiger partial charge < -0.3 is 19.5 Å². The summed E-state index contributed by atoms with van der Waals surface area (Å²) in [7, 11) is 0. The van der Waals surface area contributed by atoms with E-state index in [1.165, 1.54) is 12.1 Å². The van der Waals surface area contributed by atoms with Crippen LogP contribution in [0.1, 0.15) is 58.9 Å². The van der Waals surface area contributed by atoms with Crippen molar-refractivity contribution in [1.29, 1.82) is 0 Å². The average molecular weight is 474 g/mol. The summed E-state index contributed by atoms with van der Waals surface area (Å²) in [6, 6.07) is 6.42. The van der Waals surface area contributed by atoms with Crippen molar-refractivity contribution in [1.82, 2.24) is 4.90 Å². The number of hydrogen-bond acceptors (Lipinski definition) is 4. The van der Waals surface area contributed by atoms with Crippen molar-refractivity contribution in [2.45, 2.75) is 65.4 Å². The number of aliphatic hydroxyl groups excluding tert-OH is 1. The normalized spacial score (nSPS) is 16.4. The van der Waals surface area contributed by atoms with Gasteiger partial charge in [0.2, 0.25) is 0 Å². The SMILES string of the molecule is C1=CC=CCC=C1.CC(C)(C)OC(=O)N1CCC(CC=O)(Cc2ccc(F)cc2)CC1.CCO. The third kappa shape index (κ3) is 11.9. The molecule has 1 aliphatic carbocycles. The van der Waals surface area contributed by atoms with E-state index >= 15 is 0 Å². The Labute approximate surface area is 204 Å². The van der Waals surface area contributed by atoms with Crippen LogP contribution in [-0.4, -0.2) is 47.7 Å². The molecule has 0 bridgehead atoms. The minimum atomic E-state index is -0.511. The Balaban J connectivity index is 0.000000480. The summed E-state index contributed by atoms with van der Waals surface area (Å²) < 4.78 is 18.5. The zero-order valence-electron chi connectivity index (χ0n) is 21.0. The first-order valence-corrected chi connectivity index (χ1v) is 11.9. The van der Waals surface area contributed by atoms with Crippen molar-refractivity contribution in [2.75, 3.05) is 19.7 Å². The fourth-order valence-electron chi connectivity index (χ4n) is 3.68. The molecule has 34 heavy (non-hydrogen) atoms. The van der Waals surface area contributed by atoms with Crippen LogP contribution in [0, 0.1) is 11.2 Å². The highest BCUT2D eigenvalue weighted by molar-refractivity contribution is 5.68. The van der Waals surface area contributed by atoms with Crippen LogP contribution in [0.2, 0.25) is 0 Å². The van der Waals surface area contributed by atoms with E-state index in [1.807, 2.05) is 32.9 Å². The van der Waals surface area contributed by atoms with Crippen LogP contribution in [0.15, 0.2) is 60.7 Å². The smallest absolute Gasteiger partial charge is 0.410 e. The molecule has 0 spiro atoms. The molecule has 1 aromatic rings. The van der Waals surface area contributed by atoms with Gasteiger partial charge in [0.15, 0.2) is 0 Å². The summed E-state index contributed by atoms with van der Waals surface area (Å²) in [5.74, 6) is -0.261. The highest BCUT2D eigenvalue weighted by atomic mass is 19.1. The first kappa shape index (κ1) is 29.3. The number of piperidine rings is 1. The van der Waals surface area contributed by atoms with E-state index in [-0.39, 0.29) is 23.9 Å². The summed E-state index contributed by atoms with van der Waals surface area (Å²) in [4.78, 5) is 25.0. The molecule has 1 N–H and O–H groups in total. The molecule has 1 aromatic carbocycles. The molecule has 1 saturated heterocycles. The van der Waals surface area contributed by atoms with E-state index < -0.39 is 5.60 Å². The number of nitrogens with zero attached hydrogens (tertiary/aromatic N) is 1. The Morgan fingerprint density at radius 2 is 1.62 bits per heavy atom. The van der Waals surface area contributed by atoms with Gasteiger partial charge in [-0.15, -0.1) is 0 Å². The molecule has 0 radical (unpaired) electrons. The number of ether oxygens (including phenoxy) is 1. The fraction of sp³-hybridized carbons (Fsp3) is 0.500. The molecule has 1 amide bonds. The van der Waals surface area contributed by atoms with E-state index in [1.54, 1.807) is 24.0 Å². The lowest BCUT2D eigenvalue weighted by Crippen LogP contribution is -2.46. The second-order valence-electron chi connectivity index (χ2n) is 9.43. The Hall–Kier alpha value is -2.73. The molecule has 3 rings (SSSR count). The highest BCUT2D eigenvalue weighted by Crippen LogP contribution is 2.38. The monoisotopic (exact) mass is 473 g/mol. The van der Waals surface area contributed by atoms with Gasteiger partial charge in [0, 0.05) is 26.1 Å². The lowest BCUT2D eigenvalue weighted by Gasteiger charge is -2.41. The summed E-state index contributed by atoms with van der Waals surface area (Å²) in [6.45, 7) is 8.62. The topological polar surface area (TPSA) is 66.8 Å². The number of likely N-dealkylation sites (tertiary alicyclic amines) is 1. The van der Waals surface area contributed by atoms with Gasteiger partial charge >= 0.3 is 6.09 Å². The van der Waals surface area contributed by atoms with Gasteiger partial charge in [0.25, 0.3) is 0 Å². The van der Waals surface area contributed by atoms with Crippen molar-refractivity contribution >= 4 is 12.4 Å². The average Bonchev–Trinajstić information content (AvgIpc) is 3.09. The Kier molecular flexibility index (Phi) is 13.1. The number of carbonyl (C=O) groups is 2. The summed E-state index contributed by atoms with van der Waals surface area (Å²) in [5.41, 5.74) is 0.338. The highest BCUT2D eigenvalue weighted by Gasteiger charge is 2.37. The van der Waals surface area contributed by atoms with Crippen LogP contribution in [-0.2, 0) is 16.0 Å². The number of hydrogen-bond donors (Lipinski definition) is 1. The molecule has 0 unspecified atom stereocenters. The zero-order chi connectivity index (χ0) is 25.5. The number of allylic oxidation sites excluding steroid dienone is 6. The van der Waals surface area contributed by atoms with Gasteiger partial charge in [-0.05, 0) is 76.5 Å². The number of aliphatic hydroxyl groups is 1. The van der Waals surface area contributed by atoms with Crippen molar-refractivity contribution in [3.63, 3.8) is 0 Å². The molecular weight excluding hydrogens is 433 g/mol. The van der Waals surface area contributed by atoms with Crippen LogP contribution < -0.4 is 0 Å². The van der Waals surface area contributed by atoms with E-state index in [0.29, 0.717) is 25.9 Å². The molecule has 0 saturated carbocycles. The lowest BCUT2D eigenvalue weighted by molar-refractivity contribution is -0.110. The fourth-order valence-corrected chi connectivity index (χ4v) is 3.68. The number of halogens is 1. The van der Waals surface area contributed by atoms with Crippen molar-refractivity contribution in [3.8, 4) is 0 Å². The lowest BCUT2D eigenvalue weighted by atomic mass is 9.72. The minimum Gasteiger partial charge on any atom is -0.444 e. The minimum absolute atomic E-state index is 0.169. The predicted molar refractivity (Wildman–Crippen MR) is 135 cm³/mol. The molecule has 0 atom stereocenters. The predicted octanol–water partition coefficient (Wildman–Crippen LogP) is 6.03. The standard InChI is InChI=1S/C19H26FNO3.C7H8.C2H6O/c1-18(2,3)24-17(23)21-11-8-19(9-12-21,10-13-22)14-15-4-6-16(20)7-5-15;1-2-4-6-7-5-3-1;1-2-3/h4-7,13H,8-12,14H2,1-3H3;1-6H,7H2;3H,2H2,1H3. The van der Waals surface area contributed by atoms with Crippen LogP contribution in [0.4, 0.5) is 9.18 Å².